The second kappa shape index (κ2) is 5.25. The van der Waals surface area contributed by atoms with E-state index in [0.717, 1.165) is 0 Å². The Morgan fingerprint density at radius 2 is 2.38 bits per heavy atom. The lowest BCUT2D eigenvalue weighted by atomic mass is 10.2. The molecule has 13 heavy (non-hydrogen) atoms. The van der Waals surface area contributed by atoms with Crippen LogP contribution in [0.2, 0.25) is 0 Å². The fourth-order valence-electron chi connectivity index (χ4n) is 0.412. The minimum atomic E-state index is -4.82. The maximum atomic E-state index is 9.91. The lowest BCUT2D eigenvalue weighted by Crippen LogP contribution is -2.27. The van der Waals surface area contributed by atoms with Gasteiger partial charge in [0, 0.05) is 6.42 Å². The average Bonchev–Trinajstić information content (AvgIpc) is 1.99. The summed E-state index contributed by atoms with van der Waals surface area (Å²) in [5.74, 6) is 0. The SMILES string of the molecule is C=C[C@H](O)CC(=S)NOS(=O)(=O)[O-]. The predicted octanol–water partition coefficient (Wildman–Crippen LogP) is -0.768. The molecule has 0 spiro atoms. The molecule has 0 unspecified atom stereocenters. The highest BCUT2D eigenvalue weighted by Crippen LogP contribution is 1.94. The topological polar surface area (TPSA) is 98.7 Å². The van der Waals surface area contributed by atoms with Gasteiger partial charge in [0.15, 0.2) is 0 Å². The Labute approximate surface area is 81.1 Å². The summed E-state index contributed by atoms with van der Waals surface area (Å²) in [5.41, 5.74) is 1.71. The molecule has 0 bridgehead atoms. The van der Waals surface area contributed by atoms with Crippen molar-refractivity contribution in [3.63, 3.8) is 0 Å². The van der Waals surface area contributed by atoms with Crippen LogP contribution in [-0.2, 0) is 14.7 Å². The largest absolute Gasteiger partial charge is 0.724 e. The molecule has 0 aliphatic carbocycles. The van der Waals surface area contributed by atoms with Crippen molar-refractivity contribution in [2.45, 2.75) is 12.5 Å². The summed E-state index contributed by atoms with van der Waals surface area (Å²) in [5, 5.41) is 8.93. The molecular formula is C5H8NO5S2-. The van der Waals surface area contributed by atoms with Gasteiger partial charge in [-0.25, -0.2) is 13.9 Å². The molecule has 1 atom stereocenters. The maximum Gasteiger partial charge on any atom is 0.238 e. The van der Waals surface area contributed by atoms with Crippen LogP contribution < -0.4 is 5.48 Å². The van der Waals surface area contributed by atoms with E-state index in [4.69, 9.17) is 5.11 Å². The van der Waals surface area contributed by atoms with Crippen molar-refractivity contribution in [3.8, 4) is 0 Å². The first kappa shape index (κ1) is 12.5. The van der Waals surface area contributed by atoms with Crippen molar-refractivity contribution >= 4 is 27.6 Å². The van der Waals surface area contributed by atoms with Crippen molar-refractivity contribution in [2.24, 2.45) is 0 Å². The van der Waals surface area contributed by atoms with Crippen molar-refractivity contribution < 1.29 is 22.4 Å². The third-order valence-corrected chi connectivity index (χ3v) is 1.46. The highest BCUT2D eigenvalue weighted by Gasteiger charge is 2.04. The molecule has 0 fully saturated rings. The van der Waals surface area contributed by atoms with E-state index in [1.165, 1.54) is 6.08 Å². The number of hydrogen-bond donors (Lipinski definition) is 2. The van der Waals surface area contributed by atoms with E-state index in [1.54, 1.807) is 5.48 Å². The van der Waals surface area contributed by atoms with Gasteiger partial charge in [-0.2, -0.15) is 4.28 Å². The fraction of sp³-hybridized carbons (Fsp3) is 0.400. The monoisotopic (exact) mass is 226 g/mol. The Morgan fingerprint density at radius 1 is 1.85 bits per heavy atom. The van der Waals surface area contributed by atoms with Gasteiger partial charge in [-0.05, 0) is 0 Å². The molecule has 0 saturated carbocycles. The van der Waals surface area contributed by atoms with Crippen LogP contribution >= 0.6 is 12.2 Å². The minimum absolute atomic E-state index is 0.0612. The molecule has 0 aromatic rings. The first-order valence-electron chi connectivity index (χ1n) is 3.09. The van der Waals surface area contributed by atoms with Gasteiger partial charge in [0.1, 0.15) is 4.99 Å². The van der Waals surface area contributed by atoms with Crippen molar-refractivity contribution in [1.82, 2.24) is 5.48 Å². The summed E-state index contributed by atoms with van der Waals surface area (Å²) in [4.78, 5) is -0.105. The number of nitrogens with one attached hydrogen (secondary N) is 1. The van der Waals surface area contributed by atoms with Crippen LogP contribution in [0.4, 0.5) is 0 Å². The van der Waals surface area contributed by atoms with E-state index in [1.807, 2.05) is 0 Å². The first-order chi connectivity index (χ1) is 5.85. The summed E-state index contributed by atoms with van der Waals surface area (Å²) >= 11 is 4.52. The van der Waals surface area contributed by atoms with Crippen LogP contribution in [-0.4, -0.2) is 29.2 Å². The zero-order valence-corrected chi connectivity index (χ0v) is 8.10. The zero-order chi connectivity index (χ0) is 10.5. The summed E-state index contributed by atoms with van der Waals surface area (Å²) in [7, 11) is -4.82. The summed E-state index contributed by atoms with van der Waals surface area (Å²) in [6, 6.07) is 0. The highest BCUT2D eigenvalue weighted by atomic mass is 32.3. The normalized spacial score (nSPS) is 13.4. The van der Waals surface area contributed by atoms with Crippen LogP contribution in [0.15, 0.2) is 12.7 Å². The average molecular weight is 226 g/mol. The van der Waals surface area contributed by atoms with Gasteiger partial charge < -0.3 is 9.66 Å². The van der Waals surface area contributed by atoms with Crippen LogP contribution in [0.3, 0.4) is 0 Å². The van der Waals surface area contributed by atoms with E-state index in [2.05, 4.69) is 23.1 Å². The molecule has 0 amide bonds. The van der Waals surface area contributed by atoms with E-state index in [9.17, 15) is 13.0 Å². The molecule has 0 heterocycles. The molecule has 6 nitrogen and oxygen atoms in total. The van der Waals surface area contributed by atoms with Crippen LogP contribution in [0, 0.1) is 0 Å². The number of thiocarbonyl (C=S) groups is 1. The van der Waals surface area contributed by atoms with E-state index in [0.29, 0.717) is 0 Å². The van der Waals surface area contributed by atoms with Crippen molar-refractivity contribution in [1.29, 1.82) is 0 Å². The second-order valence-corrected chi connectivity index (χ2v) is 3.50. The minimum Gasteiger partial charge on any atom is -0.724 e. The summed E-state index contributed by atoms with van der Waals surface area (Å²) < 4.78 is 33.3. The Morgan fingerprint density at radius 3 is 2.77 bits per heavy atom. The summed E-state index contributed by atoms with van der Waals surface area (Å²) in [6.45, 7) is 3.26. The molecule has 0 aromatic heterocycles. The molecule has 0 radical (unpaired) electrons. The van der Waals surface area contributed by atoms with Gasteiger partial charge in [-0.3, -0.25) is 0 Å². The predicted molar refractivity (Wildman–Crippen MR) is 47.3 cm³/mol. The molecule has 0 rings (SSSR count). The van der Waals surface area contributed by atoms with Crippen LogP contribution in [0.1, 0.15) is 6.42 Å². The van der Waals surface area contributed by atoms with E-state index >= 15 is 0 Å². The van der Waals surface area contributed by atoms with E-state index < -0.39 is 16.5 Å². The Bertz CT molecular complexity index is 285. The number of hydroxylamine groups is 1. The molecule has 2 N–H and O–H groups in total. The molecule has 0 saturated heterocycles. The van der Waals surface area contributed by atoms with Gasteiger partial charge in [0.2, 0.25) is 10.4 Å². The molecule has 76 valence electrons. The molecular weight excluding hydrogens is 218 g/mol. The Kier molecular flexibility index (Phi) is 5.03. The molecule has 0 aliphatic heterocycles. The maximum absolute atomic E-state index is 9.91. The van der Waals surface area contributed by atoms with Gasteiger partial charge in [0.25, 0.3) is 0 Å². The second-order valence-electron chi connectivity index (χ2n) is 2.02. The van der Waals surface area contributed by atoms with Crippen LogP contribution in [0.25, 0.3) is 0 Å². The quantitative estimate of drug-likeness (QED) is 0.209. The summed E-state index contributed by atoms with van der Waals surface area (Å²) in [6.07, 6.45) is 0.242. The number of rotatable bonds is 5. The third kappa shape index (κ3) is 7.81. The smallest absolute Gasteiger partial charge is 0.238 e. The lowest BCUT2D eigenvalue weighted by molar-refractivity contribution is 0.205. The van der Waals surface area contributed by atoms with E-state index in [-0.39, 0.29) is 11.4 Å². The first-order valence-corrected chi connectivity index (χ1v) is 4.83. The van der Waals surface area contributed by atoms with Crippen LogP contribution in [0.5, 0.6) is 0 Å². The Hall–Kier alpha value is -0.540. The van der Waals surface area contributed by atoms with Gasteiger partial charge >= 0.3 is 0 Å². The number of aliphatic hydroxyl groups is 1. The zero-order valence-electron chi connectivity index (χ0n) is 6.47. The Balaban J connectivity index is 3.83. The third-order valence-electron chi connectivity index (χ3n) is 0.924. The molecule has 0 aromatic carbocycles. The number of aliphatic hydroxyl groups excluding tert-OH is 1. The highest BCUT2D eigenvalue weighted by molar-refractivity contribution is 7.81. The molecule has 8 heteroatoms. The number of hydrogen-bond acceptors (Lipinski definition) is 6. The van der Waals surface area contributed by atoms with Crippen molar-refractivity contribution in [2.75, 3.05) is 0 Å². The van der Waals surface area contributed by atoms with Gasteiger partial charge in [0.05, 0.1) is 6.10 Å². The fourth-order valence-corrected chi connectivity index (χ4v) is 0.880. The lowest BCUT2D eigenvalue weighted by Gasteiger charge is -2.11. The standard InChI is InChI=1S/C5H9NO5S2/c1-2-4(7)3-5(12)6-11-13(8,9)10/h2,4,7H,1,3H2,(H,6,12)(H,8,9,10)/p-1/t4-/m0/s1. The molecule has 0 aliphatic rings. The van der Waals surface area contributed by atoms with Gasteiger partial charge in [-0.15, -0.1) is 6.58 Å². The van der Waals surface area contributed by atoms with Crippen molar-refractivity contribution in [3.05, 3.63) is 12.7 Å². The van der Waals surface area contributed by atoms with Gasteiger partial charge in [-0.1, -0.05) is 18.3 Å².